The first-order chi connectivity index (χ1) is 17.3. The summed E-state index contributed by atoms with van der Waals surface area (Å²) in [5.41, 5.74) is 3.49. The number of hydrogen-bond donors (Lipinski definition) is 1. The van der Waals surface area contributed by atoms with Gasteiger partial charge in [0, 0.05) is 11.6 Å². The molecule has 1 N–H and O–H groups in total. The highest BCUT2D eigenvalue weighted by molar-refractivity contribution is 7.89. The fraction of sp³-hybridized carbons (Fsp3) is 0.138. The molecule has 7 heteroatoms. The first-order valence-corrected chi connectivity index (χ1v) is 13.4. The van der Waals surface area contributed by atoms with Crippen molar-refractivity contribution in [2.24, 2.45) is 0 Å². The van der Waals surface area contributed by atoms with Gasteiger partial charge in [0.1, 0.15) is 0 Å². The number of sulfonamides is 1. The molecule has 5 nitrogen and oxygen atoms in total. The van der Waals surface area contributed by atoms with Crippen molar-refractivity contribution in [1.29, 1.82) is 0 Å². The van der Waals surface area contributed by atoms with Crippen LogP contribution in [0.15, 0.2) is 114 Å². The van der Waals surface area contributed by atoms with Crippen LogP contribution in [0.2, 0.25) is 5.02 Å². The molecule has 0 aliphatic carbocycles. The molecule has 184 valence electrons. The summed E-state index contributed by atoms with van der Waals surface area (Å²) in [5, 5.41) is 3.60. The van der Waals surface area contributed by atoms with Crippen LogP contribution in [0, 0.1) is 6.92 Å². The number of carbonyl (C=O) groups excluding carboxylic acids is 1. The first-order valence-electron chi connectivity index (χ1n) is 11.5. The van der Waals surface area contributed by atoms with E-state index in [9.17, 15) is 13.2 Å². The second-order valence-electron chi connectivity index (χ2n) is 8.53. The Hall–Kier alpha value is -3.45. The van der Waals surface area contributed by atoms with Crippen molar-refractivity contribution >= 4 is 27.5 Å². The van der Waals surface area contributed by atoms with Crippen LogP contribution in [0.4, 0.5) is 0 Å². The minimum atomic E-state index is -3.95. The van der Waals surface area contributed by atoms with Crippen molar-refractivity contribution in [3.63, 3.8) is 0 Å². The van der Waals surface area contributed by atoms with Crippen LogP contribution >= 0.6 is 11.6 Å². The quantitative estimate of drug-likeness (QED) is 0.307. The largest absolute Gasteiger partial charge is 0.344 e. The molecule has 0 spiro atoms. The van der Waals surface area contributed by atoms with Crippen molar-refractivity contribution in [2.45, 2.75) is 24.4 Å². The molecule has 0 saturated heterocycles. The third-order valence-corrected chi connectivity index (χ3v) is 7.88. The van der Waals surface area contributed by atoms with Gasteiger partial charge in [0.05, 0.1) is 17.5 Å². The summed E-state index contributed by atoms with van der Waals surface area (Å²) in [6, 6.07) is 32.3. The Morgan fingerprint density at radius 1 is 0.806 bits per heavy atom. The molecule has 0 radical (unpaired) electrons. The molecule has 4 aromatic carbocycles. The maximum Gasteiger partial charge on any atom is 0.243 e. The lowest BCUT2D eigenvalue weighted by atomic mass is 9.99. The van der Waals surface area contributed by atoms with Crippen LogP contribution in [-0.2, 0) is 21.4 Å². The monoisotopic (exact) mass is 518 g/mol. The van der Waals surface area contributed by atoms with Crippen molar-refractivity contribution < 1.29 is 13.2 Å². The van der Waals surface area contributed by atoms with Gasteiger partial charge in [0.25, 0.3) is 0 Å². The molecule has 4 rings (SSSR count). The lowest BCUT2D eigenvalue weighted by Gasteiger charge is -2.25. The van der Waals surface area contributed by atoms with Gasteiger partial charge in [0.15, 0.2) is 0 Å². The molecule has 0 bridgehead atoms. The summed E-state index contributed by atoms with van der Waals surface area (Å²) in [4.78, 5) is 13.5. The number of rotatable bonds is 9. The topological polar surface area (TPSA) is 66.5 Å². The molecule has 0 aliphatic heterocycles. The van der Waals surface area contributed by atoms with E-state index in [-0.39, 0.29) is 18.0 Å². The van der Waals surface area contributed by atoms with E-state index < -0.39 is 22.0 Å². The number of benzene rings is 4. The summed E-state index contributed by atoms with van der Waals surface area (Å²) in [6.07, 6.45) is 0. The average molecular weight is 519 g/mol. The van der Waals surface area contributed by atoms with Gasteiger partial charge in [-0.3, -0.25) is 4.79 Å². The van der Waals surface area contributed by atoms with E-state index >= 15 is 0 Å². The Morgan fingerprint density at radius 2 is 1.33 bits per heavy atom. The Morgan fingerprint density at radius 3 is 1.86 bits per heavy atom. The van der Waals surface area contributed by atoms with E-state index in [4.69, 9.17) is 11.6 Å². The molecule has 0 atom stereocenters. The highest BCUT2D eigenvalue weighted by Gasteiger charge is 2.28. The molecule has 0 unspecified atom stereocenters. The van der Waals surface area contributed by atoms with Crippen molar-refractivity contribution in [1.82, 2.24) is 9.62 Å². The maximum atomic E-state index is 13.6. The molecule has 0 fully saturated rings. The van der Waals surface area contributed by atoms with E-state index in [1.165, 1.54) is 4.31 Å². The summed E-state index contributed by atoms with van der Waals surface area (Å²) in [5.74, 6) is -0.405. The van der Waals surface area contributed by atoms with Gasteiger partial charge in [-0.1, -0.05) is 102 Å². The van der Waals surface area contributed by atoms with Gasteiger partial charge in [-0.25, -0.2) is 8.42 Å². The molecular formula is C29H27ClN2O3S. The predicted octanol–water partition coefficient (Wildman–Crippen LogP) is 5.75. The van der Waals surface area contributed by atoms with E-state index in [1.807, 2.05) is 67.6 Å². The highest BCUT2D eigenvalue weighted by atomic mass is 35.5. The van der Waals surface area contributed by atoms with Gasteiger partial charge in [0.2, 0.25) is 15.9 Å². The molecule has 0 aromatic heterocycles. The van der Waals surface area contributed by atoms with Gasteiger partial charge < -0.3 is 5.32 Å². The zero-order valence-electron chi connectivity index (χ0n) is 19.8. The molecule has 0 heterocycles. The molecular weight excluding hydrogens is 492 g/mol. The zero-order valence-corrected chi connectivity index (χ0v) is 21.4. The minimum absolute atomic E-state index is 0.0299. The summed E-state index contributed by atoms with van der Waals surface area (Å²) in [7, 11) is -3.95. The Balaban J connectivity index is 1.63. The van der Waals surface area contributed by atoms with Gasteiger partial charge >= 0.3 is 0 Å². The fourth-order valence-electron chi connectivity index (χ4n) is 3.90. The van der Waals surface area contributed by atoms with Crippen LogP contribution in [-0.4, -0.2) is 25.2 Å². The standard InChI is InChI=1S/C29H27ClN2O3S/c1-22-12-18-27(19-13-22)36(34,35)32(20-23-14-16-26(30)17-15-23)21-28(33)31-29(24-8-4-2-5-9-24)25-10-6-3-7-11-25/h2-19,29H,20-21H2,1H3,(H,31,33). The Bertz CT molecular complexity index is 1350. The number of nitrogens with zero attached hydrogens (tertiary/aromatic N) is 1. The fourth-order valence-corrected chi connectivity index (χ4v) is 5.41. The number of carbonyl (C=O) groups is 1. The molecule has 36 heavy (non-hydrogen) atoms. The van der Waals surface area contributed by atoms with E-state index in [0.29, 0.717) is 5.02 Å². The number of halogens is 1. The number of hydrogen-bond acceptors (Lipinski definition) is 3. The number of nitrogens with one attached hydrogen (secondary N) is 1. The maximum absolute atomic E-state index is 13.6. The smallest absolute Gasteiger partial charge is 0.243 e. The molecule has 0 saturated carbocycles. The van der Waals surface area contributed by atoms with Crippen LogP contribution in [0.5, 0.6) is 0 Å². The highest BCUT2D eigenvalue weighted by Crippen LogP contribution is 2.23. The SMILES string of the molecule is Cc1ccc(S(=O)(=O)N(CC(=O)NC(c2ccccc2)c2ccccc2)Cc2ccc(Cl)cc2)cc1. The average Bonchev–Trinajstić information content (AvgIpc) is 2.89. The lowest BCUT2D eigenvalue weighted by molar-refractivity contribution is -0.121. The van der Waals surface area contributed by atoms with E-state index in [1.54, 1.807) is 48.5 Å². The number of aryl methyl sites for hydroxylation is 1. The minimum Gasteiger partial charge on any atom is -0.344 e. The lowest BCUT2D eigenvalue weighted by Crippen LogP contribution is -2.41. The molecule has 0 aliphatic rings. The third-order valence-electron chi connectivity index (χ3n) is 5.82. The Kier molecular flexibility index (Phi) is 8.21. The molecule has 1 amide bonds. The summed E-state index contributed by atoms with van der Waals surface area (Å²) >= 11 is 6.01. The van der Waals surface area contributed by atoms with Crippen LogP contribution in [0.3, 0.4) is 0 Å². The predicted molar refractivity (Wildman–Crippen MR) is 143 cm³/mol. The molecule has 4 aromatic rings. The van der Waals surface area contributed by atoms with Crippen LogP contribution in [0.25, 0.3) is 0 Å². The first kappa shape index (κ1) is 25.6. The van der Waals surface area contributed by atoms with E-state index in [0.717, 1.165) is 22.3 Å². The van der Waals surface area contributed by atoms with Crippen molar-refractivity contribution in [3.8, 4) is 0 Å². The summed E-state index contributed by atoms with van der Waals surface area (Å²) < 4.78 is 28.4. The summed E-state index contributed by atoms with van der Waals surface area (Å²) in [6.45, 7) is 1.58. The second-order valence-corrected chi connectivity index (χ2v) is 10.9. The van der Waals surface area contributed by atoms with Crippen LogP contribution in [0.1, 0.15) is 28.3 Å². The van der Waals surface area contributed by atoms with Crippen molar-refractivity contribution in [2.75, 3.05) is 6.54 Å². The van der Waals surface area contributed by atoms with Gasteiger partial charge in [-0.2, -0.15) is 4.31 Å². The van der Waals surface area contributed by atoms with Crippen molar-refractivity contribution in [3.05, 3.63) is 136 Å². The van der Waals surface area contributed by atoms with Crippen LogP contribution < -0.4 is 5.32 Å². The zero-order chi connectivity index (χ0) is 25.5. The third kappa shape index (κ3) is 6.40. The second kappa shape index (κ2) is 11.5. The normalized spacial score (nSPS) is 11.6. The van der Waals surface area contributed by atoms with E-state index in [2.05, 4.69) is 5.32 Å². The Labute approximate surface area is 217 Å². The number of amides is 1. The van der Waals surface area contributed by atoms with Gasteiger partial charge in [-0.05, 0) is 47.9 Å². The van der Waals surface area contributed by atoms with Gasteiger partial charge in [-0.15, -0.1) is 0 Å².